The van der Waals surface area contributed by atoms with Crippen molar-refractivity contribution in [3.8, 4) is 5.75 Å². The Bertz CT molecular complexity index is 530. The van der Waals surface area contributed by atoms with Gasteiger partial charge in [-0.1, -0.05) is 12.1 Å². The maximum Gasteiger partial charge on any atom is 0.306 e. The normalized spacial score (nSPS) is 13.9. The first-order chi connectivity index (χ1) is 8.61. The van der Waals surface area contributed by atoms with E-state index in [1.807, 2.05) is 19.6 Å². The second-order valence-electron chi connectivity index (χ2n) is 5.14. The Morgan fingerprint density at radius 3 is 2.05 bits per heavy atom. The standard InChI is InChI=1S/C12H18O5SSi/c1-18(14,15)16-11-7-5-10(6-8-11)12(9-13)17-19(2,3)4/h5-9,12H,1-4H3. The average molecular weight is 302 g/mol. The van der Waals surface area contributed by atoms with E-state index >= 15 is 0 Å². The molecule has 1 atom stereocenters. The van der Waals surface area contributed by atoms with Crippen LogP contribution in [0.5, 0.6) is 5.75 Å². The maximum absolute atomic E-state index is 11.1. The van der Waals surface area contributed by atoms with E-state index in [2.05, 4.69) is 0 Å². The Kier molecular flexibility index (Phi) is 4.89. The highest BCUT2D eigenvalue weighted by molar-refractivity contribution is 7.86. The minimum Gasteiger partial charge on any atom is -0.404 e. The quantitative estimate of drug-likeness (QED) is 0.457. The van der Waals surface area contributed by atoms with Crippen LogP contribution in [0, 0.1) is 0 Å². The largest absolute Gasteiger partial charge is 0.404 e. The van der Waals surface area contributed by atoms with Crippen molar-refractivity contribution >= 4 is 24.7 Å². The van der Waals surface area contributed by atoms with Gasteiger partial charge in [-0.3, -0.25) is 0 Å². The van der Waals surface area contributed by atoms with Gasteiger partial charge in [-0.25, -0.2) is 0 Å². The third-order valence-corrected chi connectivity index (χ3v) is 3.52. The lowest BCUT2D eigenvalue weighted by Crippen LogP contribution is -2.28. The lowest BCUT2D eigenvalue weighted by molar-refractivity contribution is -0.114. The van der Waals surface area contributed by atoms with Crippen molar-refractivity contribution in [3.05, 3.63) is 29.8 Å². The van der Waals surface area contributed by atoms with Crippen molar-refractivity contribution < 1.29 is 21.8 Å². The molecule has 0 saturated carbocycles. The highest BCUT2D eigenvalue weighted by Gasteiger charge is 2.22. The Hall–Kier alpha value is -1.18. The van der Waals surface area contributed by atoms with Crippen LogP contribution in [0.2, 0.25) is 19.6 Å². The third kappa shape index (κ3) is 5.99. The minimum absolute atomic E-state index is 0.212. The van der Waals surface area contributed by atoms with E-state index in [0.717, 1.165) is 12.5 Å². The number of hydrogen-bond donors (Lipinski definition) is 0. The summed E-state index contributed by atoms with van der Waals surface area (Å²) in [5, 5.41) is 0. The number of benzene rings is 1. The highest BCUT2D eigenvalue weighted by Crippen LogP contribution is 2.23. The van der Waals surface area contributed by atoms with Crippen molar-refractivity contribution in [2.75, 3.05) is 6.26 Å². The molecule has 0 fully saturated rings. The lowest BCUT2D eigenvalue weighted by Gasteiger charge is -2.22. The van der Waals surface area contributed by atoms with E-state index in [9.17, 15) is 13.2 Å². The molecule has 0 aliphatic heterocycles. The molecule has 0 aliphatic rings. The predicted molar refractivity (Wildman–Crippen MR) is 75.1 cm³/mol. The van der Waals surface area contributed by atoms with Gasteiger partial charge in [0.15, 0.2) is 14.6 Å². The molecule has 7 heteroatoms. The first-order valence-electron chi connectivity index (χ1n) is 5.73. The molecule has 19 heavy (non-hydrogen) atoms. The zero-order chi connectivity index (χ0) is 14.7. The van der Waals surface area contributed by atoms with Crippen LogP contribution in [0.1, 0.15) is 11.7 Å². The van der Waals surface area contributed by atoms with Crippen molar-refractivity contribution in [1.29, 1.82) is 0 Å². The van der Waals surface area contributed by atoms with Crippen LogP contribution in [-0.4, -0.2) is 29.3 Å². The lowest BCUT2D eigenvalue weighted by atomic mass is 10.1. The van der Waals surface area contributed by atoms with Crippen LogP contribution < -0.4 is 4.18 Å². The van der Waals surface area contributed by atoms with Crippen molar-refractivity contribution in [2.24, 2.45) is 0 Å². The Labute approximate surface area is 114 Å². The summed E-state index contributed by atoms with van der Waals surface area (Å²) in [4.78, 5) is 11.1. The van der Waals surface area contributed by atoms with Gasteiger partial charge in [0.25, 0.3) is 0 Å². The molecule has 0 aliphatic carbocycles. The Balaban J connectivity index is 2.88. The first kappa shape index (κ1) is 15.9. The number of carbonyl (C=O) groups is 1. The maximum atomic E-state index is 11.1. The van der Waals surface area contributed by atoms with E-state index in [-0.39, 0.29) is 5.75 Å². The van der Waals surface area contributed by atoms with Crippen LogP contribution in [0.3, 0.4) is 0 Å². The molecule has 5 nitrogen and oxygen atoms in total. The van der Waals surface area contributed by atoms with Gasteiger partial charge in [-0.2, -0.15) is 8.42 Å². The van der Waals surface area contributed by atoms with Crippen molar-refractivity contribution in [2.45, 2.75) is 25.7 Å². The summed E-state index contributed by atoms with van der Waals surface area (Å²) in [7, 11) is -5.37. The number of carbonyl (C=O) groups excluding carboxylic acids is 1. The molecular weight excluding hydrogens is 284 g/mol. The molecular formula is C12H18O5SSi. The van der Waals surface area contributed by atoms with Crippen LogP contribution in [0.15, 0.2) is 24.3 Å². The zero-order valence-electron chi connectivity index (χ0n) is 11.4. The summed E-state index contributed by atoms with van der Waals surface area (Å²) in [6.07, 6.45) is 1.09. The van der Waals surface area contributed by atoms with Crippen LogP contribution in [0.4, 0.5) is 0 Å². The fourth-order valence-corrected chi connectivity index (χ4v) is 2.86. The van der Waals surface area contributed by atoms with E-state index in [4.69, 9.17) is 8.61 Å². The van der Waals surface area contributed by atoms with Crippen LogP contribution in [-0.2, 0) is 19.3 Å². The van der Waals surface area contributed by atoms with Crippen LogP contribution >= 0.6 is 0 Å². The molecule has 1 aromatic rings. The molecule has 106 valence electrons. The molecule has 1 rings (SSSR count). The molecule has 0 N–H and O–H groups in total. The van der Waals surface area contributed by atoms with Gasteiger partial charge in [0.2, 0.25) is 0 Å². The summed E-state index contributed by atoms with van der Waals surface area (Å²) in [6.45, 7) is 5.97. The second-order valence-corrected chi connectivity index (χ2v) is 11.2. The Morgan fingerprint density at radius 2 is 1.68 bits per heavy atom. The van der Waals surface area contributed by atoms with E-state index in [0.29, 0.717) is 5.56 Å². The fraction of sp³-hybridized carbons (Fsp3) is 0.417. The molecule has 0 saturated heterocycles. The van der Waals surface area contributed by atoms with Gasteiger partial charge in [-0.15, -0.1) is 0 Å². The molecule has 0 spiro atoms. The van der Waals surface area contributed by atoms with Crippen LogP contribution in [0.25, 0.3) is 0 Å². The number of hydrogen-bond acceptors (Lipinski definition) is 5. The molecule has 0 aromatic heterocycles. The minimum atomic E-state index is -3.54. The molecule has 0 bridgehead atoms. The highest BCUT2D eigenvalue weighted by atomic mass is 32.2. The first-order valence-corrected chi connectivity index (χ1v) is 11.0. The molecule has 1 aromatic carbocycles. The molecule has 1 unspecified atom stereocenters. The van der Waals surface area contributed by atoms with E-state index < -0.39 is 24.5 Å². The van der Waals surface area contributed by atoms with Crippen molar-refractivity contribution in [1.82, 2.24) is 0 Å². The van der Waals surface area contributed by atoms with Gasteiger partial charge in [-0.05, 0) is 37.3 Å². The summed E-state index contributed by atoms with van der Waals surface area (Å²) in [5.41, 5.74) is 0.679. The average Bonchev–Trinajstić information content (AvgIpc) is 2.23. The summed E-state index contributed by atoms with van der Waals surface area (Å²) in [5.74, 6) is 0.212. The smallest absolute Gasteiger partial charge is 0.306 e. The van der Waals surface area contributed by atoms with Gasteiger partial charge in [0.05, 0.1) is 6.26 Å². The van der Waals surface area contributed by atoms with Gasteiger partial charge in [0, 0.05) is 0 Å². The summed E-state index contributed by atoms with van der Waals surface area (Å²) >= 11 is 0. The predicted octanol–water partition coefficient (Wildman–Crippen LogP) is 2.12. The third-order valence-electron chi connectivity index (χ3n) is 2.06. The molecule has 0 radical (unpaired) electrons. The van der Waals surface area contributed by atoms with Crippen molar-refractivity contribution in [3.63, 3.8) is 0 Å². The Morgan fingerprint density at radius 1 is 1.16 bits per heavy atom. The second kappa shape index (κ2) is 5.85. The van der Waals surface area contributed by atoms with E-state index in [1.165, 1.54) is 12.1 Å². The molecule has 0 amide bonds. The number of aldehydes is 1. The van der Waals surface area contributed by atoms with Gasteiger partial charge >= 0.3 is 10.1 Å². The zero-order valence-corrected chi connectivity index (χ0v) is 13.2. The summed E-state index contributed by atoms with van der Waals surface area (Å²) in [6, 6.07) is 6.25. The van der Waals surface area contributed by atoms with Gasteiger partial charge < -0.3 is 13.4 Å². The fourth-order valence-electron chi connectivity index (χ4n) is 1.44. The number of rotatable bonds is 6. The van der Waals surface area contributed by atoms with Gasteiger partial charge in [0.1, 0.15) is 11.9 Å². The monoisotopic (exact) mass is 302 g/mol. The topological polar surface area (TPSA) is 69.7 Å². The molecule has 0 heterocycles. The van der Waals surface area contributed by atoms with E-state index in [1.54, 1.807) is 12.1 Å². The SMILES string of the molecule is C[Si](C)(C)OC(C=O)c1ccc(OS(C)(=O)=O)cc1. The summed E-state index contributed by atoms with van der Waals surface area (Å²) < 4.78 is 32.4.